The smallest absolute Gasteiger partial charge is 0.154 e. The fraction of sp³-hybridized carbons (Fsp3) is 0.423. The number of anilines is 1. The van der Waals surface area contributed by atoms with E-state index < -0.39 is 0 Å². The number of fused-ring (bicyclic) bond motifs is 1. The summed E-state index contributed by atoms with van der Waals surface area (Å²) < 4.78 is -0.272. The SMILES string of the molecule is CCN=C(c1ccc(Cl)cc1Cl)N1CCCc2cc(C3=NN(CC)C(C=O)SC3(C)C)ccc21. The number of carbonyl (C=O) groups is 1. The Balaban J connectivity index is 1.75. The summed E-state index contributed by atoms with van der Waals surface area (Å²) in [7, 11) is 0. The number of thioether (sulfide) groups is 1. The fourth-order valence-corrected chi connectivity index (χ4v) is 6.32. The molecule has 0 bridgehead atoms. The van der Waals surface area contributed by atoms with Gasteiger partial charge in [0.2, 0.25) is 0 Å². The first-order valence-electron chi connectivity index (χ1n) is 11.7. The molecule has 2 aromatic carbocycles. The third-order valence-corrected chi connectivity index (χ3v) is 8.08. The lowest BCUT2D eigenvalue weighted by Crippen LogP contribution is -2.44. The summed E-state index contributed by atoms with van der Waals surface area (Å²) in [4.78, 5) is 18.7. The summed E-state index contributed by atoms with van der Waals surface area (Å²) in [6.45, 7) is 10.6. The molecule has 8 heteroatoms. The molecular weight excluding hydrogens is 487 g/mol. The molecule has 180 valence electrons. The molecule has 0 N–H and O–H groups in total. The normalized spacial score (nSPS) is 20.1. The molecule has 0 aliphatic carbocycles. The zero-order chi connectivity index (χ0) is 24.5. The Labute approximate surface area is 216 Å². The van der Waals surface area contributed by atoms with Crippen molar-refractivity contribution in [2.24, 2.45) is 10.1 Å². The van der Waals surface area contributed by atoms with Gasteiger partial charge in [-0.25, -0.2) is 0 Å². The molecule has 2 heterocycles. The molecule has 34 heavy (non-hydrogen) atoms. The highest BCUT2D eigenvalue weighted by Gasteiger charge is 2.38. The zero-order valence-electron chi connectivity index (χ0n) is 20.0. The number of aldehydes is 1. The van der Waals surface area contributed by atoms with Crippen molar-refractivity contribution in [2.45, 2.75) is 50.7 Å². The van der Waals surface area contributed by atoms with E-state index in [1.54, 1.807) is 17.8 Å². The standard InChI is InChI=1S/C26H30Cl2N4OS/c1-5-29-25(20-11-10-19(27)15-21(20)28)31-13-7-8-17-14-18(9-12-22(17)31)24-26(3,4)34-23(16-33)32(6-2)30-24/h9-12,14-16,23H,5-8,13H2,1-4H3. The van der Waals surface area contributed by atoms with Gasteiger partial charge in [0.05, 0.1) is 15.5 Å². The van der Waals surface area contributed by atoms with Crippen LogP contribution in [-0.2, 0) is 11.2 Å². The summed E-state index contributed by atoms with van der Waals surface area (Å²) in [5.41, 5.74) is 5.40. The van der Waals surface area contributed by atoms with Gasteiger partial charge in [-0.05, 0) is 82.0 Å². The number of carbonyl (C=O) groups excluding carboxylic acids is 1. The molecular formula is C26H30Cl2N4OS. The van der Waals surface area contributed by atoms with Gasteiger partial charge >= 0.3 is 0 Å². The Morgan fingerprint density at radius 3 is 2.71 bits per heavy atom. The first kappa shape index (κ1) is 25.1. The number of amidine groups is 1. The Morgan fingerprint density at radius 1 is 1.24 bits per heavy atom. The number of likely N-dealkylation sites (N-methyl/N-ethyl adjacent to an activating group) is 1. The lowest BCUT2D eigenvalue weighted by Gasteiger charge is -2.39. The van der Waals surface area contributed by atoms with Crippen molar-refractivity contribution < 1.29 is 4.79 Å². The van der Waals surface area contributed by atoms with Crippen molar-refractivity contribution in [2.75, 3.05) is 24.5 Å². The van der Waals surface area contributed by atoms with Crippen molar-refractivity contribution in [1.29, 1.82) is 0 Å². The number of aryl methyl sites for hydroxylation is 1. The van der Waals surface area contributed by atoms with Gasteiger partial charge in [0.15, 0.2) is 6.29 Å². The number of hydrazone groups is 1. The predicted molar refractivity (Wildman–Crippen MR) is 146 cm³/mol. The van der Waals surface area contributed by atoms with Crippen LogP contribution in [0.4, 0.5) is 5.69 Å². The highest BCUT2D eigenvalue weighted by Crippen LogP contribution is 2.39. The number of benzene rings is 2. The molecule has 1 unspecified atom stereocenters. The first-order valence-corrected chi connectivity index (χ1v) is 13.3. The average Bonchev–Trinajstić information content (AvgIpc) is 2.81. The van der Waals surface area contributed by atoms with Crippen LogP contribution in [0.3, 0.4) is 0 Å². The summed E-state index contributed by atoms with van der Waals surface area (Å²) >= 11 is 14.4. The van der Waals surface area contributed by atoms with Gasteiger partial charge in [0, 0.05) is 35.9 Å². The zero-order valence-corrected chi connectivity index (χ0v) is 22.3. The third kappa shape index (κ3) is 4.86. The van der Waals surface area contributed by atoms with Crippen molar-refractivity contribution in [1.82, 2.24) is 5.01 Å². The lowest BCUT2D eigenvalue weighted by molar-refractivity contribution is -0.109. The number of nitrogens with zero attached hydrogens (tertiary/aromatic N) is 4. The van der Waals surface area contributed by atoms with Crippen LogP contribution in [0.2, 0.25) is 10.0 Å². The monoisotopic (exact) mass is 516 g/mol. The molecule has 0 radical (unpaired) electrons. The molecule has 0 fully saturated rings. The highest BCUT2D eigenvalue weighted by atomic mass is 35.5. The minimum absolute atomic E-state index is 0.256. The van der Waals surface area contributed by atoms with Crippen LogP contribution in [0.1, 0.15) is 50.8 Å². The molecule has 0 spiro atoms. The summed E-state index contributed by atoms with van der Waals surface area (Å²) in [5, 5.41) is 7.74. The highest BCUT2D eigenvalue weighted by molar-refractivity contribution is 8.02. The van der Waals surface area contributed by atoms with E-state index >= 15 is 0 Å². The summed E-state index contributed by atoms with van der Waals surface area (Å²) in [6.07, 6.45) is 2.99. The van der Waals surface area contributed by atoms with Crippen LogP contribution in [-0.4, -0.2) is 52.6 Å². The maximum Gasteiger partial charge on any atom is 0.154 e. The van der Waals surface area contributed by atoms with Crippen molar-refractivity contribution in [3.05, 3.63) is 63.1 Å². The van der Waals surface area contributed by atoms with E-state index in [9.17, 15) is 4.79 Å². The van der Waals surface area contributed by atoms with Crippen LogP contribution < -0.4 is 4.90 Å². The van der Waals surface area contributed by atoms with Crippen LogP contribution in [0, 0.1) is 0 Å². The first-order chi connectivity index (χ1) is 16.3. The van der Waals surface area contributed by atoms with Gasteiger partial charge in [-0.2, -0.15) is 5.10 Å². The summed E-state index contributed by atoms with van der Waals surface area (Å²) in [6, 6.07) is 12.1. The van der Waals surface area contributed by atoms with Gasteiger partial charge in [-0.1, -0.05) is 29.3 Å². The van der Waals surface area contributed by atoms with Gasteiger partial charge in [-0.15, -0.1) is 11.8 Å². The average molecular weight is 518 g/mol. The molecule has 2 aromatic rings. The summed E-state index contributed by atoms with van der Waals surface area (Å²) in [5.74, 6) is 0.870. The van der Waals surface area contributed by atoms with E-state index in [0.29, 0.717) is 23.1 Å². The molecule has 2 aliphatic heterocycles. The molecule has 0 saturated carbocycles. The van der Waals surface area contributed by atoms with Crippen molar-refractivity contribution in [3.8, 4) is 0 Å². The molecule has 1 atom stereocenters. The van der Waals surface area contributed by atoms with E-state index in [4.69, 9.17) is 33.3 Å². The quantitative estimate of drug-likeness (QED) is 0.266. The number of halogens is 2. The Morgan fingerprint density at radius 2 is 2.03 bits per heavy atom. The van der Waals surface area contributed by atoms with E-state index in [1.807, 2.05) is 31.0 Å². The fourth-order valence-electron chi connectivity index (χ4n) is 4.58. The topological polar surface area (TPSA) is 48.3 Å². The van der Waals surface area contributed by atoms with Gasteiger partial charge in [0.25, 0.3) is 0 Å². The van der Waals surface area contributed by atoms with Gasteiger partial charge in [0.1, 0.15) is 11.2 Å². The maximum atomic E-state index is 11.6. The maximum absolute atomic E-state index is 11.6. The number of rotatable bonds is 5. The van der Waals surface area contributed by atoms with Crippen molar-refractivity contribution in [3.63, 3.8) is 0 Å². The third-order valence-electron chi connectivity index (χ3n) is 6.16. The number of hydrogen-bond donors (Lipinski definition) is 0. The minimum Gasteiger partial charge on any atom is -0.326 e. The molecule has 5 nitrogen and oxygen atoms in total. The van der Waals surface area contributed by atoms with E-state index in [2.05, 4.69) is 36.9 Å². The second kappa shape index (κ2) is 10.3. The van der Waals surface area contributed by atoms with Crippen LogP contribution in [0.5, 0.6) is 0 Å². The van der Waals surface area contributed by atoms with Crippen LogP contribution in [0.15, 0.2) is 46.5 Å². The molecule has 0 amide bonds. The van der Waals surface area contributed by atoms with E-state index in [-0.39, 0.29) is 10.1 Å². The number of aliphatic imine (C=N–C) groups is 1. The molecule has 0 saturated heterocycles. The van der Waals surface area contributed by atoms with E-state index in [1.165, 1.54) is 5.56 Å². The molecule has 4 rings (SSSR count). The Hall–Kier alpha value is -2.02. The predicted octanol–water partition coefficient (Wildman–Crippen LogP) is 6.29. The van der Waals surface area contributed by atoms with Crippen LogP contribution in [0.25, 0.3) is 0 Å². The number of hydrogen-bond acceptors (Lipinski definition) is 5. The molecule has 0 aromatic heterocycles. The minimum atomic E-state index is -0.272. The largest absolute Gasteiger partial charge is 0.326 e. The van der Waals surface area contributed by atoms with Crippen molar-refractivity contribution >= 4 is 58.5 Å². The van der Waals surface area contributed by atoms with E-state index in [0.717, 1.165) is 54.0 Å². The lowest BCUT2D eigenvalue weighted by atomic mass is 9.93. The Kier molecular flexibility index (Phi) is 7.60. The second-order valence-electron chi connectivity index (χ2n) is 8.88. The van der Waals surface area contributed by atoms with Crippen LogP contribution >= 0.6 is 35.0 Å². The molecule has 2 aliphatic rings. The second-order valence-corrected chi connectivity index (χ2v) is 11.5. The Bertz CT molecular complexity index is 1150. The van der Waals surface area contributed by atoms with Gasteiger partial charge in [-0.3, -0.25) is 10.0 Å². The van der Waals surface area contributed by atoms with Gasteiger partial charge < -0.3 is 9.69 Å².